The molecule has 0 rings (SSSR count). The molecule has 2 atom stereocenters. The molecule has 0 aromatic heterocycles. The molecule has 0 radical (unpaired) electrons. The van der Waals surface area contributed by atoms with Crippen molar-refractivity contribution in [3.63, 3.8) is 0 Å². The number of allylic oxidation sites excluding steroid dienone is 20. The van der Waals surface area contributed by atoms with Crippen LogP contribution in [0.4, 0.5) is 0 Å². The van der Waals surface area contributed by atoms with Crippen LogP contribution in [0.15, 0.2) is 122 Å². The predicted octanol–water partition coefficient (Wildman–Crippen LogP) is 20.7. The Bertz CT molecular complexity index is 1760. The molecule has 0 aliphatic rings. The van der Waals surface area contributed by atoms with Gasteiger partial charge in [-0.2, -0.15) is 0 Å². The van der Waals surface area contributed by atoms with Gasteiger partial charge in [0, 0.05) is 12.8 Å². The quantitative estimate of drug-likeness (QED) is 0.0211. The molecule has 0 aliphatic carbocycles. The molecule has 9 nitrogen and oxygen atoms in total. The van der Waals surface area contributed by atoms with E-state index >= 15 is 0 Å². The van der Waals surface area contributed by atoms with Gasteiger partial charge in [0.1, 0.15) is 19.8 Å². The fourth-order valence-corrected chi connectivity index (χ4v) is 9.27. The highest BCUT2D eigenvalue weighted by Crippen LogP contribution is 2.43. The summed E-state index contributed by atoms with van der Waals surface area (Å²) in [6.07, 6.45) is 85.6. The van der Waals surface area contributed by atoms with E-state index in [9.17, 15) is 19.0 Å². The third kappa shape index (κ3) is 63.6. The lowest BCUT2D eigenvalue weighted by molar-refractivity contribution is -0.870. The maximum Gasteiger partial charge on any atom is 0.472 e. The van der Waals surface area contributed by atoms with Gasteiger partial charge in [-0.1, -0.05) is 257 Å². The van der Waals surface area contributed by atoms with Gasteiger partial charge in [-0.15, -0.1) is 0 Å². The van der Waals surface area contributed by atoms with Gasteiger partial charge in [-0.25, -0.2) is 4.57 Å². The maximum atomic E-state index is 12.9. The Kier molecular flexibility index (Phi) is 57.3. The number of quaternary nitrogens is 1. The van der Waals surface area contributed by atoms with Crippen LogP contribution in [0.2, 0.25) is 0 Å². The summed E-state index contributed by atoms with van der Waals surface area (Å²) in [5.41, 5.74) is 0. The number of hydrogen-bond donors (Lipinski definition) is 1. The van der Waals surface area contributed by atoms with Crippen molar-refractivity contribution in [3.05, 3.63) is 122 Å². The molecular formula is C70H121NO8P+. The molecule has 1 N–H and O–H groups in total. The molecule has 0 saturated heterocycles. The molecule has 0 spiro atoms. The van der Waals surface area contributed by atoms with Crippen molar-refractivity contribution in [2.24, 2.45) is 0 Å². The Labute approximate surface area is 492 Å². The van der Waals surface area contributed by atoms with E-state index in [1.54, 1.807) is 0 Å². The van der Waals surface area contributed by atoms with Crippen LogP contribution in [0.25, 0.3) is 0 Å². The van der Waals surface area contributed by atoms with E-state index in [1.165, 1.54) is 122 Å². The van der Waals surface area contributed by atoms with Crippen LogP contribution in [-0.2, 0) is 32.7 Å². The van der Waals surface area contributed by atoms with Crippen molar-refractivity contribution < 1.29 is 42.1 Å². The van der Waals surface area contributed by atoms with Crippen molar-refractivity contribution in [3.8, 4) is 0 Å². The summed E-state index contributed by atoms with van der Waals surface area (Å²) in [6, 6.07) is 0. The minimum Gasteiger partial charge on any atom is -0.462 e. The van der Waals surface area contributed by atoms with Gasteiger partial charge >= 0.3 is 19.8 Å². The van der Waals surface area contributed by atoms with Gasteiger partial charge in [-0.05, 0) is 109 Å². The van der Waals surface area contributed by atoms with Crippen LogP contribution >= 0.6 is 7.82 Å². The molecule has 0 aromatic rings. The SMILES string of the molecule is CC/C=C\C/C=C\C/C=C\C/C=C\C/C=C\C/C=C\C/C=C\C/C=C\CCCCCCCCCCC(=O)OC(COC(=O)CCCCCCCCCCCCC/C=C\C/C=C\CCCCCCC)COP(=O)(O)OCC[N+](C)(C)C. The lowest BCUT2D eigenvalue weighted by atomic mass is 10.0. The molecule has 0 saturated carbocycles. The first-order valence-corrected chi connectivity index (χ1v) is 33.8. The zero-order valence-electron chi connectivity index (χ0n) is 52.0. The Balaban J connectivity index is 4.17. The van der Waals surface area contributed by atoms with E-state index in [0.29, 0.717) is 17.4 Å². The number of unbranched alkanes of at least 4 members (excludes halogenated alkanes) is 24. The maximum absolute atomic E-state index is 12.9. The van der Waals surface area contributed by atoms with Crippen LogP contribution < -0.4 is 0 Å². The number of nitrogens with zero attached hydrogens (tertiary/aromatic N) is 1. The molecule has 80 heavy (non-hydrogen) atoms. The van der Waals surface area contributed by atoms with Gasteiger partial charge < -0.3 is 18.9 Å². The van der Waals surface area contributed by atoms with Crippen molar-refractivity contribution in [1.82, 2.24) is 0 Å². The van der Waals surface area contributed by atoms with Gasteiger partial charge in [0.15, 0.2) is 6.10 Å². The van der Waals surface area contributed by atoms with Crippen LogP contribution in [0.1, 0.15) is 258 Å². The molecular weight excluding hydrogens is 1010 g/mol. The van der Waals surface area contributed by atoms with Crippen molar-refractivity contribution in [2.75, 3.05) is 47.5 Å². The molecule has 0 aliphatic heterocycles. The third-order valence-electron chi connectivity index (χ3n) is 13.5. The fourth-order valence-electron chi connectivity index (χ4n) is 8.53. The van der Waals surface area contributed by atoms with Crippen LogP contribution in [0.5, 0.6) is 0 Å². The first kappa shape index (κ1) is 76.4. The summed E-state index contributed by atoms with van der Waals surface area (Å²) < 4.78 is 34.6. The summed E-state index contributed by atoms with van der Waals surface area (Å²) in [6.45, 7) is 4.30. The molecule has 2 unspecified atom stereocenters. The zero-order valence-corrected chi connectivity index (χ0v) is 52.9. The van der Waals surface area contributed by atoms with E-state index in [0.717, 1.165) is 103 Å². The molecule has 0 amide bonds. The lowest BCUT2D eigenvalue weighted by Gasteiger charge is -2.24. The summed E-state index contributed by atoms with van der Waals surface area (Å²) in [5.74, 6) is -0.812. The van der Waals surface area contributed by atoms with Crippen LogP contribution in [0.3, 0.4) is 0 Å². The number of hydrogen-bond acceptors (Lipinski definition) is 7. The smallest absolute Gasteiger partial charge is 0.462 e. The highest BCUT2D eigenvalue weighted by Gasteiger charge is 2.27. The van der Waals surface area contributed by atoms with E-state index in [2.05, 4.69) is 135 Å². The molecule has 458 valence electrons. The van der Waals surface area contributed by atoms with E-state index < -0.39 is 26.5 Å². The summed E-state index contributed by atoms with van der Waals surface area (Å²) >= 11 is 0. The van der Waals surface area contributed by atoms with Crippen molar-refractivity contribution in [2.45, 2.75) is 264 Å². The van der Waals surface area contributed by atoms with Gasteiger partial charge in [0.25, 0.3) is 0 Å². The summed E-state index contributed by atoms with van der Waals surface area (Å²) in [7, 11) is 1.46. The monoisotopic (exact) mass is 1130 g/mol. The first-order chi connectivity index (χ1) is 39.0. The second-order valence-corrected chi connectivity index (χ2v) is 23.9. The number of rotatable bonds is 58. The topological polar surface area (TPSA) is 108 Å². The molecule has 0 aromatic carbocycles. The Morgan fingerprint density at radius 3 is 1.06 bits per heavy atom. The average molecular weight is 1140 g/mol. The minimum atomic E-state index is -4.40. The number of esters is 2. The lowest BCUT2D eigenvalue weighted by Crippen LogP contribution is -2.37. The van der Waals surface area contributed by atoms with Crippen LogP contribution in [-0.4, -0.2) is 74.9 Å². The predicted molar refractivity (Wildman–Crippen MR) is 344 cm³/mol. The Hall–Kier alpha value is -3.59. The third-order valence-corrected chi connectivity index (χ3v) is 14.5. The summed E-state index contributed by atoms with van der Waals surface area (Å²) in [5, 5.41) is 0. The van der Waals surface area contributed by atoms with E-state index in [4.69, 9.17) is 18.5 Å². The number of ether oxygens (including phenoxy) is 2. The van der Waals surface area contributed by atoms with Crippen LogP contribution in [0, 0.1) is 0 Å². The Morgan fingerprint density at radius 1 is 0.400 bits per heavy atom. The van der Waals surface area contributed by atoms with Gasteiger partial charge in [-0.3, -0.25) is 18.6 Å². The van der Waals surface area contributed by atoms with Gasteiger partial charge in [0.2, 0.25) is 0 Å². The van der Waals surface area contributed by atoms with Crippen molar-refractivity contribution >= 4 is 19.8 Å². The first-order valence-electron chi connectivity index (χ1n) is 32.3. The molecule has 0 heterocycles. The second kappa shape index (κ2) is 60.0. The number of carbonyl (C=O) groups excluding carboxylic acids is 2. The number of phosphoric ester groups is 1. The number of phosphoric acid groups is 1. The zero-order chi connectivity index (χ0) is 58.4. The summed E-state index contributed by atoms with van der Waals surface area (Å²) in [4.78, 5) is 35.8. The minimum absolute atomic E-state index is 0.0239. The molecule has 0 bridgehead atoms. The normalized spacial score (nSPS) is 14.0. The van der Waals surface area contributed by atoms with E-state index in [1.807, 2.05) is 21.1 Å². The fraction of sp³-hybridized carbons (Fsp3) is 0.686. The van der Waals surface area contributed by atoms with Crippen molar-refractivity contribution in [1.29, 1.82) is 0 Å². The standard InChI is InChI=1S/C70H120NO8P/c1-6-8-10-12-14-16-18-20-22-24-26-28-30-31-32-33-34-35-36-37-38-39-41-43-45-47-49-51-53-55-57-59-61-63-70(73)79-68(67-78-80(74,75)77-65-64-71(3,4)5)66-76-69(72)62-60-58-56-54-52-50-48-46-44-42-40-29-27-25-23-21-19-17-15-13-11-9-7-2/h8,10,14,16,19-22,25-28,31-32,34-35,37-38,41,43,68H,6-7,9,11-13,15,17-18,23-24,29-30,33,36,39-40,42,44-67H2,1-5H3/p+1/b10-8-,16-14-,21-19-,22-20-,27-25-,28-26-,32-31-,35-34-,38-37-,43-41-. The second-order valence-electron chi connectivity index (χ2n) is 22.4. The largest absolute Gasteiger partial charge is 0.472 e. The van der Waals surface area contributed by atoms with E-state index in [-0.39, 0.29) is 32.0 Å². The highest BCUT2D eigenvalue weighted by atomic mass is 31.2. The number of likely N-dealkylation sites (N-methyl/N-ethyl adjacent to an activating group) is 1. The Morgan fingerprint density at radius 2 is 0.713 bits per heavy atom. The average Bonchev–Trinajstić information content (AvgIpc) is 3.42. The van der Waals surface area contributed by atoms with Gasteiger partial charge in [0.05, 0.1) is 27.7 Å². The molecule has 10 heteroatoms. The highest BCUT2D eigenvalue weighted by molar-refractivity contribution is 7.47. The number of carbonyl (C=O) groups is 2. The molecule has 0 fully saturated rings.